The molecule has 2 rings (SSSR count). The smallest absolute Gasteiger partial charge is 0.411 e. The van der Waals surface area contributed by atoms with Crippen molar-refractivity contribution >= 4 is 12.1 Å². The minimum atomic E-state index is -1.05. The minimum Gasteiger partial charge on any atom is -0.467 e. The van der Waals surface area contributed by atoms with Crippen molar-refractivity contribution in [3.63, 3.8) is 0 Å². The van der Waals surface area contributed by atoms with Gasteiger partial charge < -0.3 is 9.47 Å². The SMILES string of the molecule is COC(=O)C1(Cc2ccn(C)n2)CCCN1C(=O)OC(C)(C)C. The maximum absolute atomic E-state index is 12.6. The Morgan fingerprint density at radius 3 is 2.61 bits per heavy atom. The van der Waals surface area contributed by atoms with Crippen molar-refractivity contribution in [2.24, 2.45) is 7.05 Å². The second-order valence-corrected chi connectivity index (χ2v) is 6.92. The van der Waals surface area contributed by atoms with Gasteiger partial charge in [0.2, 0.25) is 0 Å². The van der Waals surface area contributed by atoms with E-state index in [1.54, 1.807) is 25.5 Å². The van der Waals surface area contributed by atoms with Gasteiger partial charge in [0, 0.05) is 26.2 Å². The number of methoxy groups -OCH3 is 1. The van der Waals surface area contributed by atoms with Crippen molar-refractivity contribution in [2.45, 2.75) is 51.2 Å². The molecule has 7 heteroatoms. The summed E-state index contributed by atoms with van der Waals surface area (Å²) in [6.45, 7) is 5.88. The van der Waals surface area contributed by atoms with Crippen molar-refractivity contribution in [1.29, 1.82) is 0 Å². The molecule has 23 heavy (non-hydrogen) atoms. The number of likely N-dealkylation sites (tertiary alicyclic amines) is 1. The highest BCUT2D eigenvalue weighted by molar-refractivity contribution is 5.87. The molecule has 1 aliphatic heterocycles. The van der Waals surface area contributed by atoms with Crippen LogP contribution in [-0.2, 0) is 27.7 Å². The molecule has 0 aromatic carbocycles. The lowest BCUT2D eigenvalue weighted by molar-refractivity contribution is -0.153. The van der Waals surface area contributed by atoms with E-state index in [9.17, 15) is 9.59 Å². The first-order chi connectivity index (χ1) is 10.7. The summed E-state index contributed by atoms with van der Waals surface area (Å²) in [6, 6.07) is 1.84. The molecular weight excluding hydrogens is 298 g/mol. The standard InChI is InChI=1S/C16H25N3O4/c1-15(2,3)23-14(21)19-9-6-8-16(19,13(20)22-5)11-12-7-10-18(4)17-12/h7,10H,6,8-9,11H2,1-5H3. The maximum Gasteiger partial charge on any atom is 0.411 e. The maximum atomic E-state index is 12.6. The van der Waals surface area contributed by atoms with Crippen molar-refractivity contribution < 1.29 is 19.1 Å². The van der Waals surface area contributed by atoms with Gasteiger partial charge in [-0.25, -0.2) is 9.59 Å². The third-order valence-corrected chi connectivity index (χ3v) is 3.91. The van der Waals surface area contributed by atoms with Gasteiger partial charge in [-0.2, -0.15) is 5.10 Å². The molecule has 1 amide bonds. The van der Waals surface area contributed by atoms with Gasteiger partial charge in [0.25, 0.3) is 0 Å². The Morgan fingerprint density at radius 2 is 2.09 bits per heavy atom. The Morgan fingerprint density at radius 1 is 1.39 bits per heavy atom. The van der Waals surface area contributed by atoms with Gasteiger partial charge in [-0.1, -0.05) is 0 Å². The molecule has 1 unspecified atom stereocenters. The van der Waals surface area contributed by atoms with E-state index < -0.39 is 23.2 Å². The molecule has 2 heterocycles. The number of hydrogen-bond acceptors (Lipinski definition) is 5. The molecular formula is C16H25N3O4. The number of carbonyl (C=O) groups excluding carboxylic acids is 2. The first-order valence-electron chi connectivity index (χ1n) is 7.75. The fourth-order valence-electron chi connectivity index (χ4n) is 2.98. The quantitative estimate of drug-likeness (QED) is 0.794. The van der Waals surface area contributed by atoms with E-state index in [-0.39, 0.29) is 0 Å². The van der Waals surface area contributed by atoms with Crippen molar-refractivity contribution in [3.8, 4) is 0 Å². The molecule has 0 aliphatic carbocycles. The predicted molar refractivity (Wildman–Crippen MR) is 83.8 cm³/mol. The second kappa shape index (κ2) is 6.22. The van der Waals surface area contributed by atoms with Gasteiger partial charge in [-0.3, -0.25) is 9.58 Å². The van der Waals surface area contributed by atoms with Gasteiger partial charge in [-0.05, 0) is 39.7 Å². The summed E-state index contributed by atoms with van der Waals surface area (Å²) in [7, 11) is 3.16. The number of aryl methyl sites for hydroxylation is 1. The van der Waals surface area contributed by atoms with E-state index in [1.807, 2.05) is 19.3 Å². The minimum absolute atomic E-state index is 0.319. The Kier molecular flexibility index (Phi) is 4.68. The third-order valence-electron chi connectivity index (χ3n) is 3.91. The van der Waals surface area contributed by atoms with Gasteiger partial charge in [0.05, 0.1) is 12.8 Å². The molecule has 0 bridgehead atoms. The molecule has 1 aromatic rings. The van der Waals surface area contributed by atoms with E-state index in [0.717, 1.165) is 12.1 Å². The number of nitrogens with zero attached hydrogens (tertiary/aromatic N) is 3. The fourth-order valence-corrected chi connectivity index (χ4v) is 2.98. The fraction of sp³-hybridized carbons (Fsp3) is 0.688. The van der Waals surface area contributed by atoms with Crippen LogP contribution in [0.1, 0.15) is 39.3 Å². The van der Waals surface area contributed by atoms with Crippen LogP contribution < -0.4 is 0 Å². The van der Waals surface area contributed by atoms with Crippen molar-refractivity contribution in [3.05, 3.63) is 18.0 Å². The average Bonchev–Trinajstić information content (AvgIpc) is 3.03. The first-order valence-corrected chi connectivity index (χ1v) is 7.75. The lowest BCUT2D eigenvalue weighted by Crippen LogP contribution is -2.56. The number of carbonyl (C=O) groups is 2. The summed E-state index contributed by atoms with van der Waals surface area (Å²) in [6.07, 6.45) is 2.90. The van der Waals surface area contributed by atoms with Crippen molar-refractivity contribution in [1.82, 2.24) is 14.7 Å². The average molecular weight is 323 g/mol. The van der Waals surface area contributed by atoms with Crippen molar-refractivity contribution in [2.75, 3.05) is 13.7 Å². The van der Waals surface area contributed by atoms with Crippen LogP contribution in [0.15, 0.2) is 12.3 Å². The van der Waals surface area contributed by atoms with Crippen LogP contribution in [0.3, 0.4) is 0 Å². The molecule has 0 N–H and O–H groups in total. The highest BCUT2D eigenvalue weighted by atomic mass is 16.6. The zero-order valence-corrected chi connectivity index (χ0v) is 14.5. The number of rotatable bonds is 3. The van der Waals surface area contributed by atoms with Crippen LogP contribution in [-0.4, -0.2) is 51.5 Å². The molecule has 1 saturated heterocycles. The van der Waals surface area contributed by atoms with Crippen LogP contribution in [0.25, 0.3) is 0 Å². The summed E-state index contributed by atoms with van der Waals surface area (Å²) in [4.78, 5) is 26.6. The van der Waals surface area contributed by atoms with Crippen LogP contribution in [0.5, 0.6) is 0 Å². The Balaban J connectivity index is 2.32. The topological polar surface area (TPSA) is 73.7 Å². The van der Waals surface area contributed by atoms with E-state index in [1.165, 1.54) is 12.0 Å². The number of amides is 1. The van der Waals surface area contributed by atoms with Gasteiger partial charge in [0.15, 0.2) is 0 Å². The zero-order valence-electron chi connectivity index (χ0n) is 14.5. The summed E-state index contributed by atoms with van der Waals surface area (Å²) in [5.74, 6) is -0.425. The lowest BCUT2D eigenvalue weighted by Gasteiger charge is -2.36. The normalized spacial score (nSPS) is 21.3. The molecule has 0 spiro atoms. The molecule has 0 radical (unpaired) electrons. The molecule has 1 aromatic heterocycles. The summed E-state index contributed by atoms with van der Waals surface area (Å²) in [5.41, 5.74) is -0.925. The Bertz CT molecular complexity index is 590. The second-order valence-electron chi connectivity index (χ2n) is 6.92. The number of aromatic nitrogens is 2. The largest absolute Gasteiger partial charge is 0.467 e. The third kappa shape index (κ3) is 3.65. The Labute approximate surface area is 136 Å². The van der Waals surface area contributed by atoms with Crippen LogP contribution >= 0.6 is 0 Å². The van der Waals surface area contributed by atoms with Gasteiger partial charge in [-0.15, -0.1) is 0 Å². The van der Waals surface area contributed by atoms with Gasteiger partial charge >= 0.3 is 12.1 Å². The highest BCUT2D eigenvalue weighted by Gasteiger charge is 2.52. The molecule has 128 valence electrons. The first kappa shape index (κ1) is 17.3. The van der Waals surface area contributed by atoms with E-state index in [2.05, 4.69) is 5.10 Å². The lowest BCUT2D eigenvalue weighted by atomic mass is 9.90. The van der Waals surface area contributed by atoms with Crippen LogP contribution in [0.2, 0.25) is 0 Å². The van der Waals surface area contributed by atoms with Gasteiger partial charge in [0.1, 0.15) is 11.1 Å². The molecule has 1 atom stereocenters. The predicted octanol–water partition coefficient (Wildman–Crippen LogP) is 1.91. The van der Waals surface area contributed by atoms with E-state index in [4.69, 9.17) is 9.47 Å². The summed E-state index contributed by atoms with van der Waals surface area (Å²) < 4.78 is 12.1. The summed E-state index contributed by atoms with van der Waals surface area (Å²) in [5, 5.41) is 4.33. The monoisotopic (exact) mass is 323 g/mol. The summed E-state index contributed by atoms with van der Waals surface area (Å²) >= 11 is 0. The number of esters is 1. The number of hydrogen-bond donors (Lipinski definition) is 0. The van der Waals surface area contributed by atoms with Crippen LogP contribution in [0, 0.1) is 0 Å². The molecule has 0 saturated carbocycles. The number of ether oxygens (including phenoxy) is 2. The molecule has 1 fully saturated rings. The molecule has 1 aliphatic rings. The van der Waals surface area contributed by atoms with E-state index in [0.29, 0.717) is 19.4 Å². The van der Waals surface area contributed by atoms with E-state index >= 15 is 0 Å². The van der Waals surface area contributed by atoms with Crippen LogP contribution in [0.4, 0.5) is 4.79 Å². The molecule has 7 nitrogen and oxygen atoms in total. The Hall–Kier alpha value is -2.05. The highest BCUT2D eigenvalue weighted by Crippen LogP contribution is 2.35. The zero-order chi connectivity index (χ0) is 17.3.